The van der Waals surface area contributed by atoms with E-state index in [1.165, 1.54) is 6.92 Å². The van der Waals surface area contributed by atoms with E-state index in [9.17, 15) is 25.0 Å². The Balaban J connectivity index is 2.52. The van der Waals surface area contributed by atoms with Crippen LogP contribution < -0.4 is 4.74 Å². The summed E-state index contributed by atoms with van der Waals surface area (Å²) in [7, 11) is 0. The van der Waals surface area contributed by atoms with Crippen LogP contribution in [0.15, 0.2) is 40.6 Å². The van der Waals surface area contributed by atoms with Crippen molar-refractivity contribution < 1.29 is 19.4 Å². The van der Waals surface area contributed by atoms with Crippen molar-refractivity contribution >= 4 is 28.7 Å². The fourth-order valence-electron chi connectivity index (χ4n) is 2.24. The topological polar surface area (TPSA) is 137 Å². The Morgan fingerprint density at radius 3 is 2.31 bits per heavy atom. The van der Waals surface area contributed by atoms with E-state index in [0.29, 0.717) is 5.56 Å². The molecule has 0 fully saturated rings. The summed E-state index contributed by atoms with van der Waals surface area (Å²) in [5.74, 6) is -0.379. The molecule has 2 aromatic rings. The fourth-order valence-corrected chi connectivity index (χ4v) is 2.24. The van der Waals surface area contributed by atoms with Crippen molar-refractivity contribution in [2.75, 3.05) is 0 Å². The molecule has 0 aliphatic heterocycles. The predicted molar refractivity (Wildman–Crippen MR) is 91.2 cm³/mol. The van der Waals surface area contributed by atoms with Crippen LogP contribution in [0.2, 0.25) is 0 Å². The number of carbonyl (C=O) groups excluding carboxylic acids is 1. The number of benzene rings is 2. The van der Waals surface area contributed by atoms with Crippen LogP contribution >= 0.6 is 0 Å². The Bertz CT molecular complexity index is 939. The Morgan fingerprint density at radius 1 is 1.04 bits per heavy atom. The highest BCUT2D eigenvalue weighted by Gasteiger charge is 2.20. The summed E-state index contributed by atoms with van der Waals surface area (Å²) in [5, 5.41) is 29.7. The highest BCUT2D eigenvalue weighted by atomic mass is 16.6. The lowest BCUT2D eigenvalue weighted by atomic mass is 10.1. The molecule has 10 nitrogen and oxygen atoms in total. The second kappa shape index (κ2) is 7.47. The van der Waals surface area contributed by atoms with Crippen LogP contribution in [0.25, 0.3) is 0 Å². The van der Waals surface area contributed by atoms with E-state index >= 15 is 0 Å². The first-order chi connectivity index (χ1) is 12.2. The number of ether oxygens (including phenoxy) is 1. The average molecular weight is 358 g/mol. The van der Waals surface area contributed by atoms with Crippen molar-refractivity contribution in [3.63, 3.8) is 0 Å². The molecule has 0 radical (unpaired) electrons. The minimum absolute atomic E-state index is 0.158. The third kappa shape index (κ3) is 4.23. The number of nitro groups is 2. The number of non-ortho nitro benzene ring substituents is 1. The maximum Gasteiger partial charge on any atom is 0.308 e. The minimum Gasteiger partial charge on any atom is -0.424 e. The summed E-state index contributed by atoms with van der Waals surface area (Å²) < 4.78 is 5.11. The molecule has 0 unspecified atom stereocenters. The van der Waals surface area contributed by atoms with Crippen LogP contribution in [0.1, 0.15) is 18.1 Å². The van der Waals surface area contributed by atoms with E-state index < -0.39 is 27.2 Å². The number of hydrogen-bond donors (Lipinski definition) is 0. The molecule has 10 heteroatoms. The van der Waals surface area contributed by atoms with Gasteiger partial charge in [-0.3, -0.25) is 25.0 Å². The SMILES string of the molecule is CC(=O)Oc1cc(C)cc(C)c1N=Nc1ccc([N+](=O)[O-])cc1[N+](=O)[O-]. The van der Waals surface area contributed by atoms with Crippen LogP contribution in [0.3, 0.4) is 0 Å². The lowest BCUT2D eigenvalue weighted by Gasteiger charge is -2.08. The minimum atomic E-state index is -0.781. The number of esters is 1. The predicted octanol–water partition coefficient (Wildman–Crippen LogP) is 4.46. The van der Waals surface area contributed by atoms with Gasteiger partial charge >= 0.3 is 11.7 Å². The Kier molecular flexibility index (Phi) is 5.36. The molecular formula is C16H14N4O6. The smallest absolute Gasteiger partial charge is 0.308 e. The maximum absolute atomic E-state index is 11.3. The number of nitro benzene ring substituents is 2. The van der Waals surface area contributed by atoms with Gasteiger partial charge in [-0.1, -0.05) is 6.07 Å². The zero-order chi connectivity index (χ0) is 19.4. The van der Waals surface area contributed by atoms with Crippen LogP contribution in [-0.2, 0) is 4.79 Å². The van der Waals surface area contributed by atoms with Gasteiger partial charge in [0.25, 0.3) is 5.69 Å². The summed E-state index contributed by atoms with van der Waals surface area (Å²) in [6.07, 6.45) is 0. The highest BCUT2D eigenvalue weighted by Crippen LogP contribution is 2.37. The summed E-state index contributed by atoms with van der Waals surface area (Å²) >= 11 is 0. The molecule has 0 bridgehead atoms. The van der Waals surface area contributed by atoms with Gasteiger partial charge < -0.3 is 4.74 Å². The summed E-state index contributed by atoms with van der Waals surface area (Å²) in [6.45, 7) is 4.76. The molecule has 0 atom stereocenters. The number of carbonyl (C=O) groups is 1. The van der Waals surface area contributed by atoms with Gasteiger partial charge in [0.05, 0.1) is 15.9 Å². The second-order valence-corrected chi connectivity index (χ2v) is 5.41. The number of azo groups is 1. The third-order valence-electron chi connectivity index (χ3n) is 3.29. The Morgan fingerprint density at radius 2 is 1.73 bits per heavy atom. The van der Waals surface area contributed by atoms with Crippen molar-refractivity contribution in [1.82, 2.24) is 0 Å². The Labute approximate surface area is 147 Å². The molecule has 134 valence electrons. The molecule has 0 aliphatic rings. The van der Waals surface area contributed by atoms with E-state index in [-0.39, 0.29) is 17.1 Å². The number of aryl methyl sites for hydroxylation is 2. The monoisotopic (exact) mass is 358 g/mol. The van der Waals surface area contributed by atoms with Gasteiger partial charge in [-0.05, 0) is 37.1 Å². The zero-order valence-corrected chi connectivity index (χ0v) is 14.1. The number of rotatable bonds is 5. The fraction of sp³-hybridized carbons (Fsp3) is 0.188. The molecule has 0 aliphatic carbocycles. The van der Waals surface area contributed by atoms with Crippen molar-refractivity contribution in [3.05, 3.63) is 61.7 Å². The first-order valence-corrected chi connectivity index (χ1v) is 7.33. The maximum atomic E-state index is 11.3. The van der Waals surface area contributed by atoms with Crippen molar-refractivity contribution in [1.29, 1.82) is 0 Å². The lowest BCUT2D eigenvalue weighted by molar-refractivity contribution is -0.393. The second-order valence-electron chi connectivity index (χ2n) is 5.41. The molecule has 2 aromatic carbocycles. The van der Waals surface area contributed by atoms with E-state index in [2.05, 4.69) is 10.2 Å². The van der Waals surface area contributed by atoms with E-state index in [1.807, 2.05) is 6.92 Å². The van der Waals surface area contributed by atoms with E-state index in [4.69, 9.17) is 4.74 Å². The number of hydrogen-bond acceptors (Lipinski definition) is 8. The number of nitrogens with zero attached hydrogens (tertiary/aromatic N) is 4. The van der Waals surface area contributed by atoms with Gasteiger partial charge in [-0.2, -0.15) is 0 Å². The summed E-state index contributed by atoms with van der Waals surface area (Å²) in [6, 6.07) is 6.41. The van der Waals surface area contributed by atoms with Crippen LogP contribution in [0.5, 0.6) is 5.75 Å². The molecule has 0 heterocycles. The van der Waals surface area contributed by atoms with Crippen LogP contribution in [0.4, 0.5) is 22.7 Å². The molecule has 0 amide bonds. The van der Waals surface area contributed by atoms with Gasteiger partial charge in [0.2, 0.25) is 0 Å². The van der Waals surface area contributed by atoms with Gasteiger partial charge in [0, 0.05) is 13.0 Å². The quantitative estimate of drug-likeness (QED) is 0.254. The third-order valence-corrected chi connectivity index (χ3v) is 3.29. The first-order valence-electron chi connectivity index (χ1n) is 7.33. The Hall–Kier alpha value is -3.69. The van der Waals surface area contributed by atoms with Crippen molar-refractivity contribution in [2.45, 2.75) is 20.8 Å². The highest BCUT2D eigenvalue weighted by molar-refractivity contribution is 5.73. The first kappa shape index (κ1) is 18.6. The molecule has 0 N–H and O–H groups in total. The molecule has 26 heavy (non-hydrogen) atoms. The van der Waals surface area contributed by atoms with Crippen molar-refractivity contribution in [3.8, 4) is 5.75 Å². The molecule has 2 rings (SSSR count). The normalized spacial score (nSPS) is 10.7. The molecular weight excluding hydrogens is 344 g/mol. The lowest BCUT2D eigenvalue weighted by Crippen LogP contribution is -2.02. The van der Waals surface area contributed by atoms with Gasteiger partial charge in [-0.15, -0.1) is 10.2 Å². The largest absolute Gasteiger partial charge is 0.424 e. The van der Waals surface area contributed by atoms with Crippen LogP contribution in [0, 0.1) is 34.1 Å². The van der Waals surface area contributed by atoms with Gasteiger partial charge in [0.1, 0.15) is 5.69 Å². The summed E-state index contributed by atoms with van der Waals surface area (Å²) in [5.41, 5.74) is 0.575. The van der Waals surface area contributed by atoms with Crippen LogP contribution in [-0.4, -0.2) is 15.8 Å². The van der Waals surface area contributed by atoms with Gasteiger partial charge in [-0.25, -0.2) is 0 Å². The van der Waals surface area contributed by atoms with Gasteiger partial charge in [0.15, 0.2) is 11.4 Å². The average Bonchev–Trinajstić information content (AvgIpc) is 2.53. The molecule has 0 saturated heterocycles. The van der Waals surface area contributed by atoms with E-state index in [0.717, 1.165) is 23.8 Å². The molecule has 0 aromatic heterocycles. The molecule has 0 saturated carbocycles. The molecule has 0 spiro atoms. The van der Waals surface area contributed by atoms with E-state index in [1.54, 1.807) is 19.1 Å². The standard InChI is InChI=1S/C16H14N4O6/c1-9-6-10(2)16(15(7-9)26-11(3)21)18-17-13-5-4-12(19(22)23)8-14(13)20(24)25/h4-8H,1-3H3. The zero-order valence-electron chi connectivity index (χ0n) is 14.1. The van der Waals surface area contributed by atoms with Crippen molar-refractivity contribution in [2.24, 2.45) is 10.2 Å². The summed E-state index contributed by atoms with van der Waals surface area (Å²) in [4.78, 5) is 31.7.